The summed E-state index contributed by atoms with van der Waals surface area (Å²) in [5.41, 5.74) is 0.586. The Morgan fingerprint density at radius 2 is 2.15 bits per heavy atom. The maximum atomic E-state index is 12.1. The number of thiophene rings is 1. The van der Waals surface area contributed by atoms with Gasteiger partial charge in [-0.1, -0.05) is 0 Å². The second kappa shape index (κ2) is 6.89. The summed E-state index contributed by atoms with van der Waals surface area (Å²) in [4.78, 5) is 1.04. The summed E-state index contributed by atoms with van der Waals surface area (Å²) in [6.45, 7) is 0.965. The minimum atomic E-state index is -3.48. The average Bonchev–Trinajstić information content (AvgIpc) is 2.94. The maximum absolute atomic E-state index is 12.1. The van der Waals surface area contributed by atoms with Crippen LogP contribution in [0.25, 0.3) is 0 Å². The third-order valence-corrected chi connectivity index (χ3v) is 5.63. The lowest BCUT2D eigenvalue weighted by Crippen LogP contribution is -2.23. The summed E-state index contributed by atoms with van der Waals surface area (Å²) in [5.74, 6) is 0. The fourth-order valence-corrected chi connectivity index (χ4v) is 3.95. The molecule has 0 spiro atoms. The zero-order valence-corrected chi connectivity index (χ0v) is 12.7. The van der Waals surface area contributed by atoms with Crippen molar-refractivity contribution in [2.24, 2.45) is 0 Å². The van der Waals surface area contributed by atoms with Gasteiger partial charge in [0.1, 0.15) is 4.21 Å². The fourth-order valence-electron chi connectivity index (χ4n) is 1.55. The van der Waals surface area contributed by atoms with Crippen LogP contribution in [0.4, 0.5) is 0 Å². The summed E-state index contributed by atoms with van der Waals surface area (Å²) >= 11 is 1.29. The highest BCUT2D eigenvalue weighted by Crippen LogP contribution is 2.21. The van der Waals surface area contributed by atoms with Crippen LogP contribution in [-0.4, -0.2) is 32.2 Å². The highest BCUT2D eigenvalue weighted by atomic mass is 32.2. The van der Waals surface area contributed by atoms with Gasteiger partial charge in [0, 0.05) is 11.1 Å². The van der Waals surface area contributed by atoms with Crippen molar-refractivity contribution < 1.29 is 8.42 Å². The Kier molecular flexibility index (Phi) is 5.18. The molecule has 0 unspecified atom stereocenters. The molecule has 2 N–H and O–H groups in total. The van der Waals surface area contributed by atoms with E-state index in [2.05, 4.69) is 20.2 Å². The van der Waals surface area contributed by atoms with Crippen molar-refractivity contribution in [3.63, 3.8) is 0 Å². The number of hydrogen-bond donors (Lipinski definition) is 2. The Hall–Kier alpha value is -1.35. The normalized spacial score (nSPS) is 11.7. The second-order valence-electron chi connectivity index (χ2n) is 4.11. The summed E-state index contributed by atoms with van der Waals surface area (Å²) in [6.07, 6.45) is 2.37. The van der Waals surface area contributed by atoms with E-state index in [1.807, 2.05) is 13.1 Å². The van der Waals surface area contributed by atoms with Crippen LogP contribution in [0.5, 0.6) is 0 Å². The van der Waals surface area contributed by atoms with Gasteiger partial charge < -0.3 is 5.32 Å². The van der Waals surface area contributed by atoms with E-state index in [4.69, 9.17) is 0 Å². The molecule has 20 heavy (non-hydrogen) atoms. The molecule has 2 rings (SSSR count). The lowest BCUT2D eigenvalue weighted by molar-refractivity contribution is 0.582. The van der Waals surface area contributed by atoms with Gasteiger partial charge in [-0.25, -0.2) is 13.1 Å². The van der Waals surface area contributed by atoms with Crippen LogP contribution in [0.15, 0.2) is 34.7 Å². The summed E-state index contributed by atoms with van der Waals surface area (Å²) < 4.78 is 27.1. The first-order valence-electron chi connectivity index (χ1n) is 6.11. The molecule has 0 aromatic carbocycles. The van der Waals surface area contributed by atoms with E-state index < -0.39 is 10.0 Å². The van der Waals surface area contributed by atoms with Crippen LogP contribution < -0.4 is 10.0 Å². The number of hydrogen-bond acceptors (Lipinski definition) is 6. The van der Waals surface area contributed by atoms with Crippen LogP contribution in [0.3, 0.4) is 0 Å². The topological polar surface area (TPSA) is 84.0 Å². The zero-order valence-electron chi connectivity index (χ0n) is 11.0. The van der Waals surface area contributed by atoms with Gasteiger partial charge in [-0.15, -0.1) is 11.3 Å². The van der Waals surface area contributed by atoms with Crippen LogP contribution in [-0.2, 0) is 23.0 Å². The monoisotopic (exact) mass is 312 g/mol. The molecule has 0 saturated carbocycles. The van der Waals surface area contributed by atoms with Crippen molar-refractivity contribution in [2.45, 2.75) is 17.2 Å². The Bertz CT molecular complexity index is 640. The molecule has 0 bridgehead atoms. The van der Waals surface area contributed by atoms with Crippen molar-refractivity contribution in [1.29, 1.82) is 0 Å². The molecule has 0 fully saturated rings. The number of nitrogens with zero attached hydrogens (tertiary/aromatic N) is 2. The first kappa shape index (κ1) is 15.0. The molecule has 0 aliphatic rings. The zero-order chi connectivity index (χ0) is 14.4. The molecule has 0 atom stereocenters. The van der Waals surface area contributed by atoms with Gasteiger partial charge in [0.25, 0.3) is 0 Å². The largest absolute Gasteiger partial charge is 0.319 e. The van der Waals surface area contributed by atoms with E-state index in [-0.39, 0.29) is 6.54 Å². The Labute approximate surface area is 122 Å². The van der Waals surface area contributed by atoms with E-state index in [1.165, 1.54) is 11.3 Å². The average molecular weight is 312 g/mol. The number of likely N-dealkylation sites (N-methyl/N-ethyl adjacent to an activating group) is 1. The summed E-state index contributed by atoms with van der Waals surface area (Å²) in [6, 6.07) is 6.92. The molecule has 6 nitrogen and oxygen atoms in total. The SMILES string of the molecule is CNCCc1ccc(S(=O)(=O)NCc2cccnn2)s1. The standard InChI is InChI=1S/C12H16N4O2S2/c1-13-8-6-11-4-5-12(19-11)20(17,18)15-9-10-3-2-7-14-16-10/h2-5,7,13,15H,6,8-9H2,1H3. The van der Waals surface area contributed by atoms with Crippen LogP contribution >= 0.6 is 11.3 Å². The lowest BCUT2D eigenvalue weighted by atomic mass is 10.3. The molecule has 8 heteroatoms. The van der Waals surface area contributed by atoms with Gasteiger partial charge >= 0.3 is 0 Å². The fraction of sp³-hybridized carbons (Fsp3) is 0.333. The summed E-state index contributed by atoms with van der Waals surface area (Å²) in [5, 5.41) is 10.6. The highest BCUT2D eigenvalue weighted by molar-refractivity contribution is 7.91. The number of nitrogens with one attached hydrogen (secondary N) is 2. The van der Waals surface area contributed by atoms with Crippen molar-refractivity contribution in [3.8, 4) is 0 Å². The van der Waals surface area contributed by atoms with Crippen LogP contribution in [0.2, 0.25) is 0 Å². The number of sulfonamides is 1. The molecular formula is C12H16N4O2S2. The van der Waals surface area contributed by atoms with Crippen LogP contribution in [0, 0.1) is 0 Å². The lowest BCUT2D eigenvalue weighted by Gasteiger charge is -2.03. The Morgan fingerprint density at radius 1 is 1.30 bits per heavy atom. The number of rotatable bonds is 7. The smallest absolute Gasteiger partial charge is 0.250 e. The number of aromatic nitrogens is 2. The summed E-state index contributed by atoms with van der Waals surface area (Å²) in [7, 11) is -1.61. The molecule has 0 saturated heterocycles. The van der Waals surface area contributed by atoms with Crippen molar-refractivity contribution in [1.82, 2.24) is 20.2 Å². The van der Waals surface area contributed by atoms with Gasteiger partial charge in [0.2, 0.25) is 10.0 Å². The molecule has 0 aliphatic heterocycles. The van der Waals surface area contributed by atoms with E-state index in [9.17, 15) is 8.42 Å². The third kappa shape index (κ3) is 4.07. The molecule has 2 aromatic rings. The Balaban J connectivity index is 2.01. The van der Waals surface area contributed by atoms with E-state index >= 15 is 0 Å². The van der Waals surface area contributed by atoms with Crippen molar-refractivity contribution in [3.05, 3.63) is 41.0 Å². The molecule has 2 heterocycles. The minimum absolute atomic E-state index is 0.139. The van der Waals surface area contributed by atoms with Crippen molar-refractivity contribution in [2.75, 3.05) is 13.6 Å². The predicted molar refractivity (Wildman–Crippen MR) is 78.0 cm³/mol. The molecule has 0 amide bonds. The molecule has 2 aromatic heterocycles. The minimum Gasteiger partial charge on any atom is -0.319 e. The van der Waals surface area contributed by atoms with E-state index in [0.29, 0.717) is 9.90 Å². The van der Waals surface area contributed by atoms with Gasteiger partial charge in [0.15, 0.2) is 0 Å². The van der Waals surface area contributed by atoms with Gasteiger partial charge in [-0.05, 0) is 44.3 Å². The Morgan fingerprint density at radius 3 is 2.85 bits per heavy atom. The molecule has 108 valence electrons. The second-order valence-corrected chi connectivity index (χ2v) is 7.28. The first-order valence-corrected chi connectivity index (χ1v) is 8.41. The third-order valence-electron chi connectivity index (χ3n) is 2.59. The van der Waals surface area contributed by atoms with E-state index in [1.54, 1.807) is 24.4 Å². The van der Waals surface area contributed by atoms with Crippen molar-refractivity contribution >= 4 is 21.4 Å². The highest BCUT2D eigenvalue weighted by Gasteiger charge is 2.16. The maximum Gasteiger partial charge on any atom is 0.250 e. The van der Waals surface area contributed by atoms with Gasteiger partial charge in [-0.3, -0.25) is 0 Å². The van der Waals surface area contributed by atoms with Gasteiger partial charge in [0.05, 0.1) is 12.2 Å². The first-order chi connectivity index (χ1) is 9.62. The molecule has 0 radical (unpaired) electrons. The molecular weight excluding hydrogens is 296 g/mol. The quantitative estimate of drug-likeness (QED) is 0.789. The van der Waals surface area contributed by atoms with Gasteiger partial charge in [-0.2, -0.15) is 10.2 Å². The van der Waals surface area contributed by atoms with E-state index in [0.717, 1.165) is 17.8 Å². The molecule has 0 aliphatic carbocycles. The predicted octanol–water partition coefficient (Wildman–Crippen LogP) is 0.778. The van der Waals surface area contributed by atoms with Crippen LogP contribution in [0.1, 0.15) is 10.6 Å².